The molecule has 3 aromatic rings. The second-order valence-electron chi connectivity index (χ2n) is 8.97. The highest BCUT2D eigenvalue weighted by atomic mass is 35.5. The maximum Gasteiger partial charge on any atom is 0.511 e. The van der Waals surface area contributed by atoms with Gasteiger partial charge in [0.2, 0.25) is 12.7 Å². The van der Waals surface area contributed by atoms with Gasteiger partial charge in [0.05, 0.1) is 34.5 Å². The maximum absolute atomic E-state index is 11.4. The van der Waals surface area contributed by atoms with Crippen LogP contribution in [0.3, 0.4) is 0 Å². The Hall–Kier alpha value is -2.94. The van der Waals surface area contributed by atoms with Crippen molar-refractivity contribution in [1.82, 2.24) is 9.88 Å². The summed E-state index contributed by atoms with van der Waals surface area (Å²) in [5.41, 5.74) is 1.75. The lowest BCUT2D eigenvalue weighted by atomic mass is 10.2. The van der Waals surface area contributed by atoms with Crippen molar-refractivity contribution in [2.75, 3.05) is 57.6 Å². The quantitative estimate of drug-likeness (QED) is 0.142. The number of carbonyl (C=O) groups excluding carboxylic acids is 1. The molecule has 2 heterocycles. The van der Waals surface area contributed by atoms with E-state index in [0.29, 0.717) is 29.1 Å². The van der Waals surface area contributed by atoms with Crippen molar-refractivity contribution in [2.45, 2.75) is 26.2 Å². The number of piperazine rings is 1. The van der Waals surface area contributed by atoms with E-state index in [1.807, 2.05) is 49.4 Å². The highest BCUT2D eigenvalue weighted by Gasteiger charge is 2.19. The van der Waals surface area contributed by atoms with Crippen LogP contribution in [-0.4, -0.2) is 68.8 Å². The summed E-state index contributed by atoms with van der Waals surface area (Å²) in [6.07, 6.45) is 1.99. The van der Waals surface area contributed by atoms with E-state index in [1.54, 1.807) is 6.07 Å². The monoisotopic (exact) mass is 561 g/mol. The smallest absolute Gasteiger partial charge is 0.494 e. The molecule has 38 heavy (non-hydrogen) atoms. The summed E-state index contributed by atoms with van der Waals surface area (Å²) in [4.78, 5) is 20.7. The Balaban J connectivity index is 1.16. The molecule has 0 spiro atoms. The summed E-state index contributed by atoms with van der Waals surface area (Å²) >= 11 is 12.6. The summed E-state index contributed by atoms with van der Waals surface area (Å²) in [7, 11) is 0. The molecule has 1 saturated heterocycles. The zero-order valence-electron chi connectivity index (χ0n) is 21.5. The van der Waals surface area contributed by atoms with Crippen LogP contribution in [0.1, 0.15) is 26.2 Å². The minimum atomic E-state index is -0.756. The molecular formula is C28H33Cl2N3O5. The number of halogens is 2. The predicted molar refractivity (Wildman–Crippen MR) is 150 cm³/mol. The van der Waals surface area contributed by atoms with Gasteiger partial charge in [-0.25, -0.2) is 9.78 Å². The fraction of sp³-hybridized carbons (Fsp3) is 0.429. The number of fused-ring (bicyclic) bond motifs is 1. The minimum absolute atomic E-state index is 0.263. The Bertz CT molecular complexity index is 1200. The average Bonchev–Trinajstić information content (AvgIpc) is 2.93. The van der Waals surface area contributed by atoms with Gasteiger partial charge in [0.1, 0.15) is 5.75 Å². The van der Waals surface area contributed by atoms with E-state index in [9.17, 15) is 4.79 Å². The van der Waals surface area contributed by atoms with E-state index in [1.165, 1.54) is 0 Å². The molecule has 1 aliphatic heterocycles. The average molecular weight is 562 g/mol. The number of aromatic nitrogens is 1. The number of carbonyl (C=O) groups is 1. The number of rotatable bonds is 12. The van der Waals surface area contributed by atoms with Crippen LogP contribution in [0.4, 0.5) is 10.5 Å². The van der Waals surface area contributed by atoms with E-state index in [2.05, 4.69) is 14.8 Å². The van der Waals surface area contributed by atoms with Gasteiger partial charge >= 0.3 is 6.16 Å². The third-order valence-corrected chi connectivity index (χ3v) is 7.04. The second-order valence-corrected chi connectivity index (χ2v) is 9.75. The number of nitrogens with zero attached hydrogens (tertiary/aromatic N) is 3. The molecule has 0 atom stereocenters. The molecule has 0 aliphatic carbocycles. The van der Waals surface area contributed by atoms with Crippen LogP contribution in [0.5, 0.6) is 11.6 Å². The molecule has 4 rings (SSSR count). The van der Waals surface area contributed by atoms with Crippen molar-refractivity contribution in [1.29, 1.82) is 0 Å². The van der Waals surface area contributed by atoms with E-state index >= 15 is 0 Å². The number of benzene rings is 2. The lowest BCUT2D eigenvalue weighted by Gasteiger charge is -2.36. The van der Waals surface area contributed by atoms with Crippen LogP contribution < -0.4 is 14.4 Å². The number of ether oxygens (including phenoxy) is 4. The molecule has 8 nitrogen and oxygen atoms in total. The van der Waals surface area contributed by atoms with Crippen molar-refractivity contribution in [2.24, 2.45) is 0 Å². The van der Waals surface area contributed by atoms with Gasteiger partial charge in [-0.15, -0.1) is 0 Å². The standard InChI is InChI=1S/C28H33Cl2N3O5/c1-2-17-36-28(34)38-20-37-26-11-9-21-8-10-22(19-24(21)31-26)35-18-4-3-12-32-13-15-33(16-14-32)25-7-5-6-23(29)27(25)30/h5-11,19H,2-4,12-18,20H2,1H3. The van der Waals surface area contributed by atoms with Crippen LogP contribution in [0, 0.1) is 0 Å². The largest absolute Gasteiger partial charge is 0.511 e. The fourth-order valence-electron chi connectivity index (χ4n) is 4.19. The Morgan fingerprint density at radius 2 is 1.76 bits per heavy atom. The van der Waals surface area contributed by atoms with Gasteiger partial charge in [-0.2, -0.15) is 0 Å². The minimum Gasteiger partial charge on any atom is -0.494 e. The number of hydrogen-bond donors (Lipinski definition) is 0. The summed E-state index contributed by atoms with van der Waals surface area (Å²) in [6.45, 7) is 7.48. The molecule has 10 heteroatoms. The van der Waals surface area contributed by atoms with Gasteiger partial charge < -0.3 is 23.8 Å². The van der Waals surface area contributed by atoms with Gasteiger partial charge in [-0.1, -0.05) is 36.2 Å². The lowest BCUT2D eigenvalue weighted by Crippen LogP contribution is -2.46. The molecule has 1 fully saturated rings. The molecule has 0 bridgehead atoms. The van der Waals surface area contributed by atoms with E-state index in [4.69, 9.17) is 42.1 Å². The summed E-state index contributed by atoms with van der Waals surface area (Å²) < 4.78 is 21.1. The first kappa shape index (κ1) is 28.1. The first-order valence-electron chi connectivity index (χ1n) is 12.9. The highest BCUT2D eigenvalue weighted by Crippen LogP contribution is 2.33. The van der Waals surface area contributed by atoms with E-state index in [-0.39, 0.29) is 6.79 Å². The van der Waals surface area contributed by atoms with Gasteiger partial charge in [0, 0.05) is 43.7 Å². The first-order valence-corrected chi connectivity index (χ1v) is 13.7. The van der Waals surface area contributed by atoms with Crippen LogP contribution >= 0.6 is 23.2 Å². The normalized spacial score (nSPS) is 13.9. The number of unbranched alkanes of at least 4 members (excludes halogenated alkanes) is 1. The van der Waals surface area contributed by atoms with Gasteiger partial charge in [-0.05, 0) is 56.1 Å². The van der Waals surface area contributed by atoms with Crippen molar-refractivity contribution >= 4 is 45.9 Å². The molecule has 1 aliphatic rings. The lowest BCUT2D eigenvalue weighted by molar-refractivity contribution is 0.00335. The van der Waals surface area contributed by atoms with Crippen molar-refractivity contribution in [3.8, 4) is 11.6 Å². The van der Waals surface area contributed by atoms with Crippen LogP contribution in [0.2, 0.25) is 10.0 Å². The first-order chi connectivity index (χ1) is 18.5. The van der Waals surface area contributed by atoms with Crippen LogP contribution in [-0.2, 0) is 9.47 Å². The third kappa shape index (κ3) is 8.03. The highest BCUT2D eigenvalue weighted by molar-refractivity contribution is 6.43. The molecule has 204 valence electrons. The van der Waals surface area contributed by atoms with Crippen LogP contribution in [0.25, 0.3) is 10.9 Å². The SMILES string of the molecule is CCCOC(=O)OCOc1ccc2ccc(OCCCCN3CCN(c4cccc(Cl)c4Cl)CC3)cc2n1. The van der Waals surface area contributed by atoms with Gasteiger partial charge in [0.15, 0.2) is 0 Å². The zero-order chi connectivity index (χ0) is 26.7. The molecule has 1 aromatic heterocycles. The van der Waals surface area contributed by atoms with Crippen molar-refractivity contribution < 1.29 is 23.7 Å². The molecule has 0 N–H and O–H groups in total. The van der Waals surface area contributed by atoms with Crippen LogP contribution in [0.15, 0.2) is 48.5 Å². The summed E-state index contributed by atoms with van der Waals surface area (Å²) in [6, 6.07) is 15.2. The summed E-state index contributed by atoms with van der Waals surface area (Å²) in [5.74, 6) is 1.12. The number of hydrogen-bond acceptors (Lipinski definition) is 8. The van der Waals surface area contributed by atoms with Gasteiger partial charge in [-0.3, -0.25) is 4.90 Å². The van der Waals surface area contributed by atoms with Crippen molar-refractivity contribution in [3.63, 3.8) is 0 Å². The maximum atomic E-state index is 11.4. The van der Waals surface area contributed by atoms with E-state index in [0.717, 1.165) is 74.3 Å². The third-order valence-electron chi connectivity index (χ3n) is 6.23. The Morgan fingerprint density at radius 3 is 2.58 bits per heavy atom. The predicted octanol–water partition coefficient (Wildman–Crippen LogP) is 6.42. The molecule has 0 saturated carbocycles. The second kappa shape index (κ2) is 14.3. The molecule has 0 radical (unpaired) electrons. The number of anilines is 1. The Kier molecular flexibility index (Phi) is 10.6. The Morgan fingerprint density at radius 1 is 0.947 bits per heavy atom. The molecule has 0 amide bonds. The van der Waals surface area contributed by atoms with Crippen molar-refractivity contribution in [3.05, 3.63) is 58.6 Å². The molecular weight excluding hydrogens is 529 g/mol. The topological polar surface area (TPSA) is 73.4 Å². The molecule has 0 unspecified atom stereocenters. The fourth-order valence-corrected chi connectivity index (χ4v) is 4.61. The van der Waals surface area contributed by atoms with Gasteiger partial charge in [0.25, 0.3) is 0 Å². The molecule has 2 aromatic carbocycles. The summed E-state index contributed by atoms with van der Waals surface area (Å²) in [5, 5.41) is 2.19. The number of pyridine rings is 1. The zero-order valence-corrected chi connectivity index (χ0v) is 23.0. The Labute approximate surface area is 233 Å². The van der Waals surface area contributed by atoms with E-state index < -0.39 is 6.16 Å².